The van der Waals surface area contributed by atoms with Crippen molar-refractivity contribution in [3.8, 4) is 5.75 Å². The van der Waals surface area contributed by atoms with Crippen LogP contribution in [0.25, 0.3) is 0 Å². The Bertz CT molecular complexity index is 1750. The summed E-state index contributed by atoms with van der Waals surface area (Å²) in [5, 5.41) is 47.5. The van der Waals surface area contributed by atoms with E-state index < -0.39 is 106 Å². The molecule has 10 unspecified atom stereocenters. The summed E-state index contributed by atoms with van der Waals surface area (Å²) in [4.78, 5) is 18.5. The van der Waals surface area contributed by atoms with E-state index in [2.05, 4.69) is 0 Å². The minimum atomic E-state index is -3.56. The van der Waals surface area contributed by atoms with Gasteiger partial charge in [0.2, 0.25) is 0 Å². The Balaban J connectivity index is 1.89. The molecule has 364 valence electrons. The average Bonchev–Trinajstić information content (AvgIpc) is 3.21. The van der Waals surface area contributed by atoms with Crippen LogP contribution < -0.4 is 4.74 Å². The Labute approximate surface area is 376 Å². The van der Waals surface area contributed by atoms with Crippen LogP contribution in [-0.2, 0) is 43.1 Å². The number of carbonyl (C=O) groups excluding carboxylic acids is 1. The number of rotatable bonds is 11. The van der Waals surface area contributed by atoms with Crippen LogP contribution in [0.5, 0.6) is 5.75 Å². The molecule has 0 spiro atoms. The SMILES string of the molecule is CCC1OC(=O)C(C)C(O[C@H]2C[C@@](C)(OC)[C@@H](O)[C@H](C)O2)C(C)C(O[C@@H]2O[C@H](C)C[C@H](N(C)C)[C@H]2Oc2cccc(S(=O)(=O)CC)c2)C(C)(O)CC(C)CN(C)C(C)C(O)C1(C)O. The molecule has 3 aliphatic rings. The van der Waals surface area contributed by atoms with Crippen LogP contribution in [0.15, 0.2) is 29.2 Å². The normalized spacial score (nSPS) is 43.2. The second kappa shape index (κ2) is 21.3. The fraction of sp³-hybridized carbons (Fsp3) is 0.848. The number of esters is 1. The number of benzene rings is 1. The third-order valence-electron chi connectivity index (χ3n) is 14.0. The summed E-state index contributed by atoms with van der Waals surface area (Å²) in [7, 11) is 3.61. The van der Waals surface area contributed by atoms with Crippen molar-refractivity contribution in [2.24, 2.45) is 17.8 Å². The highest BCUT2D eigenvalue weighted by molar-refractivity contribution is 7.91. The molecule has 0 amide bonds. The van der Waals surface area contributed by atoms with Crippen LogP contribution in [0.1, 0.15) is 102 Å². The lowest BCUT2D eigenvalue weighted by Gasteiger charge is -2.49. The van der Waals surface area contributed by atoms with Crippen LogP contribution in [0.3, 0.4) is 0 Å². The number of aliphatic hydroxyl groups excluding tert-OH is 2. The number of likely N-dealkylation sites (N-methyl/N-ethyl adjacent to an activating group) is 2. The standard InChI is InChI=1S/C46H80N2O14S/c1-16-35-46(11,53)39(49)30(7)48(14)25-26(3)23-44(9,52)41(28(5)37(29(6)42(51)60-35)61-36-24-45(10,56-15)40(50)31(8)58-36)62-43-38(34(47(12)13)21-27(4)57-43)59-32-19-18-20-33(22-32)63(54,55)17-2/h18-20,22,26-31,34-41,43,49-50,52-53H,16-17,21,23-25H2,1-15H3/t26?,27-,28?,29?,30?,31+,34+,35?,36+,37?,38-,39?,40+,41?,43+,44?,45-,46?/m1/s1. The summed E-state index contributed by atoms with van der Waals surface area (Å²) in [5.74, 6) is -2.59. The van der Waals surface area contributed by atoms with Gasteiger partial charge < -0.3 is 63.4 Å². The number of cyclic esters (lactones) is 1. The number of hydrogen-bond acceptors (Lipinski definition) is 16. The minimum Gasteiger partial charge on any atom is -0.483 e. The highest BCUT2D eigenvalue weighted by atomic mass is 32.2. The molecular weight excluding hydrogens is 837 g/mol. The van der Waals surface area contributed by atoms with Gasteiger partial charge in [0, 0.05) is 32.0 Å². The molecule has 0 saturated carbocycles. The highest BCUT2D eigenvalue weighted by Gasteiger charge is 2.53. The maximum atomic E-state index is 14.5. The lowest BCUT2D eigenvalue weighted by atomic mass is 9.77. The van der Waals surface area contributed by atoms with E-state index >= 15 is 0 Å². The van der Waals surface area contributed by atoms with E-state index in [0.29, 0.717) is 18.7 Å². The average molecular weight is 917 g/mol. The van der Waals surface area contributed by atoms with E-state index in [9.17, 15) is 33.6 Å². The Morgan fingerprint density at radius 2 is 1.59 bits per heavy atom. The molecule has 18 atom stereocenters. The molecule has 0 aromatic heterocycles. The third-order valence-corrected chi connectivity index (χ3v) is 15.7. The first-order chi connectivity index (χ1) is 29.1. The van der Waals surface area contributed by atoms with E-state index in [1.807, 2.05) is 51.7 Å². The van der Waals surface area contributed by atoms with Gasteiger partial charge in [-0.25, -0.2) is 8.42 Å². The fourth-order valence-corrected chi connectivity index (χ4v) is 10.8. The van der Waals surface area contributed by atoms with E-state index in [0.717, 1.165) is 0 Å². The van der Waals surface area contributed by atoms with Crippen molar-refractivity contribution in [2.75, 3.05) is 40.6 Å². The number of aliphatic hydroxyl groups is 4. The molecule has 3 aliphatic heterocycles. The molecule has 3 fully saturated rings. The molecule has 63 heavy (non-hydrogen) atoms. The first kappa shape index (κ1) is 53.6. The number of carbonyl (C=O) groups is 1. The number of ether oxygens (including phenoxy) is 7. The molecule has 0 radical (unpaired) electrons. The Hall–Kier alpha value is -2.00. The van der Waals surface area contributed by atoms with Crippen LogP contribution in [-0.4, -0.2) is 175 Å². The van der Waals surface area contributed by atoms with Gasteiger partial charge in [-0.2, -0.15) is 0 Å². The predicted molar refractivity (Wildman–Crippen MR) is 237 cm³/mol. The van der Waals surface area contributed by atoms with Crippen molar-refractivity contribution in [3.63, 3.8) is 0 Å². The van der Waals surface area contributed by atoms with E-state index in [4.69, 9.17) is 33.2 Å². The van der Waals surface area contributed by atoms with Crippen LogP contribution in [0, 0.1) is 17.8 Å². The zero-order valence-corrected chi connectivity index (χ0v) is 41.2. The maximum absolute atomic E-state index is 14.5. The molecule has 0 aliphatic carbocycles. The highest BCUT2D eigenvalue weighted by Crippen LogP contribution is 2.41. The molecule has 4 rings (SSSR count). The number of nitrogens with zero attached hydrogens (tertiary/aromatic N) is 2. The number of hydrogen-bond donors (Lipinski definition) is 4. The van der Waals surface area contributed by atoms with Gasteiger partial charge in [-0.15, -0.1) is 0 Å². The Morgan fingerprint density at radius 3 is 2.17 bits per heavy atom. The number of sulfone groups is 1. The summed E-state index contributed by atoms with van der Waals surface area (Å²) in [5.41, 5.74) is -4.55. The summed E-state index contributed by atoms with van der Waals surface area (Å²) in [6, 6.07) is 5.47. The summed E-state index contributed by atoms with van der Waals surface area (Å²) in [6.45, 7) is 19.6. The third kappa shape index (κ3) is 12.3. The van der Waals surface area contributed by atoms with Crippen molar-refractivity contribution in [2.45, 2.75) is 197 Å². The second-order valence-electron chi connectivity index (χ2n) is 19.6. The van der Waals surface area contributed by atoms with Crippen molar-refractivity contribution in [3.05, 3.63) is 24.3 Å². The summed E-state index contributed by atoms with van der Waals surface area (Å²) < 4.78 is 71.2. The Kier molecular flexibility index (Phi) is 18.1. The molecule has 1 aromatic carbocycles. The molecule has 3 saturated heterocycles. The predicted octanol–water partition coefficient (Wildman–Crippen LogP) is 3.78. The molecular formula is C46H80N2O14S. The van der Waals surface area contributed by atoms with Crippen LogP contribution >= 0.6 is 0 Å². The zero-order chi connectivity index (χ0) is 47.6. The van der Waals surface area contributed by atoms with Crippen molar-refractivity contribution >= 4 is 15.8 Å². The van der Waals surface area contributed by atoms with Crippen molar-refractivity contribution < 1.29 is 66.8 Å². The molecule has 4 N–H and O–H groups in total. The van der Waals surface area contributed by atoms with Crippen LogP contribution in [0.2, 0.25) is 0 Å². The van der Waals surface area contributed by atoms with Crippen molar-refractivity contribution in [1.82, 2.24) is 9.80 Å². The van der Waals surface area contributed by atoms with Gasteiger partial charge in [-0.3, -0.25) is 4.79 Å². The first-order valence-electron chi connectivity index (χ1n) is 22.7. The number of methoxy groups -OCH3 is 1. The second-order valence-corrected chi connectivity index (χ2v) is 21.9. The van der Waals surface area contributed by atoms with E-state index in [1.54, 1.807) is 60.6 Å². The van der Waals surface area contributed by atoms with E-state index in [-0.39, 0.29) is 48.0 Å². The van der Waals surface area contributed by atoms with Crippen molar-refractivity contribution in [1.29, 1.82) is 0 Å². The van der Waals surface area contributed by atoms with Crippen LogP contribution in [0.4, 0.5) is 0 Å². The molecule has 0 bridgehead atoms. The smallest absolute Gasteiger partial charge is 0.311 e. The minimum absolute atomic E-state index is 0.0847. The van der Waals surface area contributed by atoms with Gasteiger partial charge in [-0.05, 0) is 113 Å². The fourth-order valence-electron chi connectivity index (χ4n) is 9.91. The quantitative estimate of drug-likeness (QED) is 0.234. The summed E-state index contributed by atoms with van der Waals surface area (Å²) in [6.07, 6.45) is -8.58. The Morgan fingerprint density at radius 1 is 0.937 bits per heavy atom. The molecule has 16 nitrogen and oxygen atoms in total. The monoisotopic (exact) mass is 917 g/mol. The van der Waals surface area contributed by atoms with Gasteiger partial charge in [0.05, 0.1) is 58.2 Å². The van der Waals surface area contributed by atoms with Gasteiger partial charge >= 0.3 is 5.97 Å². The molecule has 17 heteroatoms. The van der Waals surface area contributed by atoms with Gasteiger partial charge in [0.15, 0.2) is 28.5 Å². The topological polar surface area (TPSA) is 203 Å². The van der Waals surface area contributed by atoms with Gasteiger partial charge in [0.1, 0.15) is 29.7 Å². The zero-order valence-electron chi connectivity index (χ0n) is 40.4. The lowest BCUT2D eigenvalue weighted by molar-refractivity contribution is -0.316. The lowest BCUT2D eigenvalue weighted by Crippen LogP contribution is -2.61. The van der Waals surface area contributed by atoms with Gasteiger partial charge in [0.25, 0.3) is 0 Å². The molecule has 1 aromatic rings. The molecule has 3 heterocycles. The van der Waals surface area contributed by atoms with Gasteiger partial charge in [-0.1, -0.05) is 33.8 Å². The largest absolute Gasteiger partial charge is 0.483 e. The summed E-state index contributed by atoms with van der Waals surface area (Å²) >= 11 is 0. The first-order valence-corrected chi connectivity index (χ1v) is 24.3. The van der Waals surface area contributed by atoms with E-state index in [1.165, 1.54) is 26.2 Å². The maximum Gasteiger partial charge on any atom is 0.311 e.